The first kappa shape index (κ1) is 18.4. The summed E-state index contributed by atoms with van der Waals surface area (Å²) in [5.41, 5.74) is 1.98. The van der Waals surface area contributed by atoms with Crippen molar-refractivity contribution in [2.24, 2.45) is 0 Å². The van der Waals surface area contributed by atoms with Gasteiger partial charge in [0.2, 0.25) is 5.91 Å². The molecule has 0 aliphatic carbocycles. The number of amides is 1. The van der Waals surface area contributed by atoms with E-state index in [1.165, 1.54) is 12.1 Å². The van der Waals surface area contributed by atoms with E-state index < -0.39 is 15.9 Å². The summed E-state index contributed by atoms with van der Waals surface area (Å²) in [5.74, 6) is 0.456. The first-order valence-corrected chi connectivity index (χ1v) is 10.1. The second-order valence-corrected chi connectivity index (χ2v) is 8.46. The van der Waals surface area contributed by atoms with Crippen molar-refractivity contribution >= 4 is 21.4 Å². The van der Waals surface area contributed by atoms with Gasteiger partial charge >= 0.3 is 0 Å². The smallest absolute Gasteiger partial charge is 0.228 e. The molecule has 2 aromatic rings. The van der Waals surface area contributed by atoms with Gasteiger partial charge in [-0.3, -0.25) is 4.79 Å². The van der Waals surface area contributed by atoms with E-state index in [0.29, 0.717) is 30.0 Å². The number of hydrogen-bond acceptors (Lipinski definition) is 5. The molecule has 6 nitrogen and oxygen atoms in total. The minimum atomic E-state index is -3.24. The van der Waals surface area contributed by atoms with E-state index in [0.717, 1.165) is 5.56 Å². The van der Waals surface area contributed by atoms with E-state index in [2.05, 4.69) is 5.32 Å². The second kappa shape index (κ2) is 7.47. The molecule has 0 saturated carbocycles. The Balaban J connectivity index is 1.67. The molecule has 1 atom stereocenters. The third-order valence-electron chi connectivity index (χ3n) is 4.33. The van der Waals surface area contributed by atoms with Gasteiger partial charge in [0.1, 0.15) is 5.75 Å². The molecule has 2 N–H and O–H groups in total. The Morgan fingerprint density at radius 3 is 2.65 bits per heavy atom. The fraction of sp³-hybridized carbons (Fsp3) is 0.316. The Bertz CT molecular complexity index is 906. The van der Waals surface area contributed by atoms with Crippen LogP contribution in [0.15, 0.2) is 47.4 Å². The number of aliphatic hydroxyl groups is 1. The van der Waals surface area contributed by atoms with Crippen LogP contribution in [0.3, 0.4) is 0 Å². The molecule has 138 valence electrons. The van der Waals surface area contributed by atoms with Crippen molar-refractivity contribution in [3.63, 3.8) is 0 Å². The predicted molar refractivity (Wildman–Crippen MR) is 98.0 cm³/mol. The fourth-order valence-corrected chi connectivity index (χ4v) is 3.71. The Morgan fingerprint density at radius 2 is 1.96 bits per heavy atom. The van der Waals surface area contributed by atoms with Crippen LogP contribution in [-0.2, 0) is 21.1 Å². The maximum atomic E-state index is 12.2. The van der Waals surface area contributed by atoms with Gasteiger partial charge in [-0.2, -0.15) is 0 Å². The number of sulfone groups is 1. The van der Waals surface area contributed by atoms with Gasteiger partial charge < -0.3 is 15.2 Å². The summed E-state index contributed by atoms with van der Waals surface area (Å²) in [6.45, 7) is 2.07. The normalized spacial score (nSPS) is 16.5. The summed E-state index contributed by atoms with van der Waals surface area (Å²) in [7, 11) is -3.24. The van der Waals surface area contributed by atoms with Crippen LogP contribution >= 0.6 is 0 Å². The maximum absolute atomic E-state index is 12.2. The Morgan fingerprint density at radius 1 is 1.23 bits per heavy atom. The third-order valence-corrected chi connectivity index (χ3v) is 6.08. The molecular formula is C19H21NO5S. The number of hydrogen-bond donors (Lipinski definition) is 2. The van der Waals surface area contributed by atoms with Crippen molar-refractivity contribution < 1.29 is 23.1 Å². The van der Waals surface area contributed by atoms with Gasteiger partial charge in [-0.15, -0.1) is 0 Å². The molecular weight excluding hydrogens is 354 g/mol. The van der Waals surface area contributed by atoms with E-state index >= 15 is 0 Å². The van der Waals surface area contributed by atoms with E-state index in [4.69, 9.17) is 4.74 Å². The second-order valence-electron chi connectivity index (χ2n) is 6.18. The summed E-state index contributed by atoms with van der Waals surface area (Å²) in [5, 5.41) is 12.8. The molecule has 0 radical (unpaired) electrons. The van der Waals surface area contributed by atoms with Crippen LogP contribution in [0.25, 0.3) is 0 Å². The van der Waals surface area contributed by atoms with Crippen LogP contribution in [0.2, 0.25) is 0 Å². The van der Waals surface area contributed by atoms with Gasteiger partial charge in [0.25, 0.3) is 0 Å². The molecule has 1 aliphatic heterocycles. The first-order valence-electron chi connectivity index (χ1n) is 8.45. The van der Waals surface area contributed by atoms with E-state index in [1.807, 2.05) is 0 Å². The van der Waals surface area contributed by atoms with Gasteiger partial charge in [0, 0.05) is 17.7 Å². The number of rotatable bonds is 5. The topological polar surface area (TPSA) is 92.7 Å². The van der Waals surface area contributed by atoms with Crippen LogP contribution in [-0.4, -0.2) is 31.8 Å². The van der Waals surface area contributed by atoms with E-state index in [1.54, 1.807) is 37.3 Å². The number of fused-ring (bicyclic) bond motifs is 1. The lowest BCUT2D eigenvalue weighted by atomic mass is 10.0. The number of nitrogens with one attached hydrogen (secondary N) is 1. The molecule has 1 aliphatic rings. The maximum Gasteiger partial charge on any atom is 0.228 e. The Labute approximate surface area is 152 Å². The average Bonchev–Trinajstić information content (AvgIpc) is 2.63. The lowest BCUT2D eigenvalue weighted by Crippen LogP contribution is -2.17. The highest BCUT2D eigenvalue weighted by molar-refractivity contribution is 7.91. The summed E-state index contributed by atoms with van der Waals surface area (Å²) >= 11 is 0. The summed E-state index contributed by atoms with van der Waals surface area (Å²) in [4.78, 5) is 12.5. The van der Waals surface area contributed by atoms with Crippen molar-refractivity contribution in [2.75, 3.05) is 17.7 Å². The standard InChI is InChI=1S/C19H21NO5S/c1-2-26(23,24)15-6-3-13(4-7-15)11-19(22)20-14-5-8-18-16(12-14)17(21)9-10-25-18/h3-8,12,17,21H,2,9-11H2,1H3,(H,20,22). The molecule has 0 bridgehead atoms. The van der Waals surface area contributed by atoms with Crippen LogP contribution in [0.5, 0.6) is 5.75 Å². The molecule has 26 heavy (non-hydrogen) atoms. The Kier molecular flexibility index (Phi) is 5.29. The van der Waals surface area contributed by atoms with Gasteiger partial charge in [0.15, 0.2) is 9.84 Å². The molecule has 1 heterocycles. The predicted octanol–water partition coefficient (Wildman–Crippen LogP) is 2.48. The quantitative estimate of drug-likeness (QED) is 0.837. The largest absolute Gasteiger partial charge is 0.493 e. The van der Waals surface area contributed by atoms with E-state index in [9.17, 15) is 18.3 Å². The van der Waals surface area contributed by atoms with Crippen molar-refractivity contribution in [3.8, 4) is 5.75 Å². The lowest BCUT2D eigenvalue weighted by Gasteiger charge is -2.22. The highest BCUT2D eigenvalue weighted by Crippen LogP contribution is 2.33. The first-order chi connectivity index (χ1) is 12.4. The van der Waals surface area contributed by atoms with Crippen molar-refractivity contribution in [1.82, 2.24) is 0 Å². The molecule has 7 heteroatoms. The number of ether oxygens (including phenoxy) is 1. The zero-order valence-electron chi connectivity index (χ0n) is 14.4. The molecule has 0 fully saturated rings. The van der Waals surface area contributed by atoms with E-state index in [-0.39, 0.29) is 23.0 Å². The minimum absolute atomic E-state index is 0.0424. The monoisotopic (exact) mass is 375 g/mol. The van der Waals surface area contributed by atoms with Crippen molar-refractivity contribution in [2.45, 2.75) is 30.8 Å². The van der Waals surface area contributed by atoms with Gasteiger partial charge in [-0.25, -0.2) is 8.42 Å². The van der Waals surface area contributed by atoms with Crippen molar-refractivity contribution in [1.29, 1.82) is 0 Å². The van der Waals surface area contributed by atoms with Crippen LogP contribution in [0, 0.1) is 0 Å². The lowest BCUT2D eigenvalue weighted by molar-refractivity contribution is -0.115. The Hall–Kier alpha value is -2.38. The van der Waals surface area contributed by atoms with Crippen LogP contribution in [0.4, 0.5) is 5.69 Å². The minimum Gasteiger partial charge on any atom is -0.493 e. The highest BCUT2D eigenvalue weighted by atomic mass is 32.2. The number of carbonyl (C=O) groups is 1. The molecule has 2 aromatic carbocycles. The molecule has 1 unspecified atom stereocenters. The van der Waals surface area contributed by atoms with Gasteiger partial charge in [0.05, 0.1) is 29.8 Å². The summed E-state index contributed by atoms with van der Waals surface area (Å²) in [6.07, 6.45) is 0.0590. The van der Waals surface area contributed by atoms with Crippen molar-refractivity contribution in [3.05, 3.63) is 53.6 Å². The zero-order chi connectivity index (χ0) is 18.7. The molecule has 3 rings (SSSR count). The SMILES string of the molecule is CCS(=O)(=O)c1ccc(CC(=O)Nc2ccc3c(c2)C(O)CCO3)cc1. The van der Waals surface area contributed by atoms with Crippen LogP contribution < -0.4 is 10.1 Å². The summed E-state index contributed by atoms with van der Waals surface area (Å²) < 4.78 is 29.1. The third kappa shape index (κ3) is 4.05. The number of anilines is 1. The van der Waals surface area contributed by atoms with Crippen LogP contribution in [0.1, 0.15) is 30.6 Å². The highest BCUT2D eigenvalue weighted by Gasteiger charge is 2.20. The summed E-state index contributed by atoms with van der Waals surface area (Å²) in [6, 6.07) is 11.5. The average molecular weight is 375 g/mol. The fourth-order valence-electron chi connectivity index (χ4n) is 2.83. The molecule has 0 spiro atoms. The van der Waals surface area contributed by atoms with Gasteiger partial charge in [-0.1, -0.05) is 19.1 Å². The number of carbonyl (C=O) groups excluding carboxylic acids is 1. The number of benzene rings is 2. The molecule has 0 aromatic heterocycles. The zero-order valence-corrected chi connectivity index (χ0v) is 15.3. The molecule has 1 amide bonds. The number of aliphatic hydroxyl groups excluding tert-OH is 1. The molecule has 0 saturated heterocycles. The van der Waals surface area contributed by atoms with Gasteiger partial charge in [-0.05, 0) is 35.9 Å².